The molecule has 4 nitrogen and oxygen atoms in total. The van der Waals surface area contributed by atoms with Gasteiger partial charge in [-0.05, 0) is 6.07 Å². The molecule has 0 spiro atoms. The lowest BCUT2D eigenvalue weighted by Crippen LogP contribution is -2.01. The smallest absolute Gasteiger partial charge is 0.269 e. The second-order valence-electron chi connectivity index (χ2n) is 2.07. The van der Waals surface area contributed by atoms with Crippen LogP contribution in [0.3, 0.4) is 0 Å². The Morgan fingerprint density at radius 1 is 1.62 bits per heavy atom. The normalized spacial score (nSPS) is 11.3. The summed E-state index contributed by atoms with van der Waals surface area (Å²) in [5.74, 6) is -1.34. The SMILES string of the molecule is COc1nccc(F)c1S(=O)(=O)Cl. The Morgan fingerprint density at radius 2 is 2.23 bits per heavy atom. The summed E-state index contributed by atoms with van der Waals surface area (Å²) in [6.07, 6.45) is 1.08. The lowest BCUT2D eigenvalue weighted by Gasteiger charge is -2.03. The van der Waals surface area contributed by atoms with Crippen molar-refractivity contribution in [2.75, 3.05) is 7.11 Å². The Balaban J connectivity index is 3.50. The van der Waals surface area contributed by atoms with Crippen molar-refractivity contribution in [3.8, 4) is 5.88 Å². The predicted octanol–water partition coefficient (Wildman–Crippen LogP) is 1.16. The number of methoxy groups -OCH3 is 1. The second-order valence-corrected chi connectivity index (χ2v) is 4.57. The third kappa shape index (κ3) is 2.07. The van der Waals surface area contributed by atoms with E-state index in [0.29, 0.717) is 0 Å². The molecule has 0 amide bonds. The average molecular weight is 226 g/mol. The first kappa shape index (κ1) is 10.2. The summed E-state index contributed by atoms with van der Waals surface area (Å²) in [4.78, 5) is 2.76. The van der Waals surface area contributed by atoms with Gasteiger partial charge in [-0.25, -0.2) is 17.8 Å². The fraction of sp³-hybridized carbons (Fsp3) is 0.167. The molecule has 0 atom stereocenters. The molecule has 0 radical (unpaired) electrons. The number of ether oxygens (including phenoxy) is 1. The van der Waals surface area contributed by atoms with Crippen molar-refractivity contribution in [1.29, 1.82) is 0 Å². The zero-order chi connectivity index (χ0) is 10.1. The number of pyridine rings is 1. The first-order chi connectivity index (χ1) is 5.96. The van der Waals surface area contributed by atoms with Gasteiger partial charge in [0.05, 0.1) is 7.11 Å². The van der Waals surface area contributed by atoms with Gasteiger partial charge in [0, 0.05) is 16.9 Å². The number of nitrogens with zero attached hydrogens (tertiary/aromatic N) is 1. The van der Waals surface area contributed by atoms with Gasteiger partial charge in [-0.1, -0.05) is 0 Å². The van der Waals surface area contributed by atoms with Crippen LogP contribution in [-0.2, 0) is 9.05 Å². The van der Waals surface area contributed by atoms with Crippen LogP contribution in [0.1, 0.15) is 0 Å². The van der Waals surface area contributed by atoms with E-state index < -0.39 is 19.8 Å². The summed E-state index contributed by atoms with van der Waals surface area (Å²) < 4.78 is 39.2. The molecule has 1 aromatic heterocycles. The molecule has 0 N–H and O–H groups in total. The van der Waals surface area contributed by atoms with Crippen LogP contribution < -0.4 is 4.74 Å². The number of rotatable bonds is 2. The lowest BCUT2D eigenvalue weighted by atomic mass is 10.4. The van der Waals surface area contributed by atoms with Gasteiger partial charge in [0.25, 0.3) is 9.05 Å². The van der Waals surface area contributed by atoms with E-state index >= 15 is 0 Å². The highest BCUT2D eigenvalue weighted by Crippen LogP contribution is 2.26. The topological polar surface area (TPSA) is 56.3 Å². The Morgan fingerprint density at radius 3 is 2.62 bits per heavy atom. The Bertz CT molecular complexity index is 420. The van der Waals surface area contributed by atoms with Crippen molar-refractivity contribution in [1.82, 2.24) is 4.98 Å². The highest BCUT2D eigenvalue weighted by Gasteiger charge is 2.22. The van der Waals surface area contributed by atoms with Crippen molar-refractivity contribution in [3.63, 3.8) is 0 Å². The minimum Gasteiger partial charge on any atom is -0.480 e. The van der Waals surface area contributed by atoms with Crippen molar-refractivity contribution in [3.05, 3.63) is 18.1 Å². The van der Waals surface area contributed by atoms with Gasteiger partial charge in [-0.2, -0.15) is 0 Å². The second kappa shape index (κ2) is 3.47. The lowest BCUT2D eigenvalue weighted by molar-refractivity contribution is 0.377. The van der Waals surface area contributed by atoms with Gasteiger partial charge in [-0.3, -0.25) is 0 Å². The molecule has 0 aromatic carbocycles. The summed E-state index contributed by atoms with van der Waals surface area (Å²) >= 11 is 0. The van der Waals surface area contributed by atoms with Gasteiger partial charge in [-0.15, -0.1) is 0 Å². The molecule has 0 fully saturated rings. The van der Waals surface area contributed by atoms with E-state index in [2.05, 4.69) is 9.72 Å². The van der Waals surface area contributed by atoms with Gasteiger partial charge >= 0.3 is 0 Å². The summed E-state index contributed by atoms with van der Waals surface area (Å²) in [6.45, 7) is 0. The van der Waals surface area contributed by atoms with E-state index in [0.717, 1.165) is 12.3 Å². The summed E-state index contributed by atoms with van der Waals surface area (Å²) in [5.41, 5.74) is 0. The maximum atomic E-state index is 12.9. The third-order valence-electron chi connectivity index (χ3n) is 1.26. The van der Waals surface area contributed by atoms with Crippen molar-refractivity contribution in [2.24, 2.45) is 0 Å². The Labute approximate surface area is 78.7 Å². The maximum Gasteiger partial charge on any atom is 0.269 e. The van der Waals surface area contributed by atoms with Gasteiger partial charge in [0.2, 0.25) is 5.88 Å². The molecule has 72 valence electrons. The average Bonchev–Trinajstić information content (AvgIpc) is 2.01. The molecule has 0 bridgehead atoms. The van der Waals surface area contributed by atoms with E-state index in [-0.39, 0.29) is 5.88 Å². The van der Waals surface area contributed by atoms with Crippen LogP contribution in [0.2, 0.25) is 0 Å². The Kier molecular flexibility index (Phi) is 2.72. The predicted molar refractivity (Wildman–Crippen MR) is 43.8 cm³/mol. The molecule has 0 saturated carbocycles. The van der Waals surface area contributed by atoms with Crippen LogP contribution in [0.15, 0.2) is 17.2 Å². The van der Waals surface area contributed by atoms with Gasteiger partial charge < -0.3 is 4.74 Å². The van der Waals surface area contributed by atoms with Crippen LogP contribution in [0.5, 0.6) is 5.88 Å². The highest BCUT2D eigenvalue weighted by molar-refractivity contribution is 8.13. The maximum absolute atomic E-state index is 12.9. The van der Waals surface area contributed by atoms with Crippen molar-refractivity contribution >= 4 is 19.7 Å². The molecular weight excluding hydrogens is 221 g/mol. The quantitative estimate of drug-likeness (QED) is 0.709. The van der Waals surface area contributed by atoms with Crippen LogP contribution in [0.4, 0.5) is 4.39 Å². The fourth-order valence-electron chi connectivity index (χ4n) is 0.773. The fourth-order valence-corrected chi connectivity index (χ4v) is 1.84. The monoisotopic (exact) mass is 225 g/mol. The molecule has 1 rings (SSSR count). The molecule has 13 heavy (non-hydrogen) atoms. The third-order valence-corrected chi connectivity index (χ3v) is 2.58. The van der Waals surface area contributed by atoms with E-state index in [1.165, 1.54) is 7.11 Å². The van der Waals surface area contributed by atoms with Gasteiger partial charge in [0.15, 0.2) is 4.90 Å². The van der Waals surface area contributed by atoms with E-state index in [1.54, 1.807) is 0 Å². The number of halogens is 2. The molecule has 0 aliphatic carbocycles. The molecule has 0 aliphatic rings. The van der Waals surface area contributed by atoms with Gasteiger partial charge in [0.1, 0.15) is 5.82 Å². The van der Waals surface area contributed by atoms with E-state index in [4.69, 9.17) is 10.7 Å². The molecule has 7 heteroatoms. The minimum atomic E-state index is -4.17. The Hall–Kier alpha value is -0.880. The summed E-state index contributed by atoms with van der Waals surface area (Å²) in [5, 5.41) is 0. The van der Waals surface area contributed by atoms with Crippen LogP contribution in [-0.4, -0.2) is 20.5 Å². The molecule has 0 aliphatic heterocycles. The zero-order valence-electron chi connectivity index (χ0n) is 6.49. The molecule has 1 heterocycles. The molecule has 1 aromatic rings. The zero-order valence-corrected chi connectivity index (χ0v) is 8.06. The largest absolute Gasteiger partial charge is 0.480 e. The van der Waals surface area contributed by atoms with Crippen molar-refractivity contribution in [2.45, 2.75) is 4.90 Å². The minimum absolute atomic E-state index is 0.352. The standard InChI is InChI=1S/C6H5ClFNO3S/c1-12-6-5(13(7,10)11)4(8)2-3-9-6/h2-3H,1H3. The number of hydrogen-bond acceptors (Lipinski definition) is 4. The van der Waals surface area contributed by atoms with Crippen LogP contribution in [0, 0.1) is 5.82 Å². The first-order valence-electron chi connectivity index (χ1n) is 3.10. The number of aromatic nitrogens is 1. The van der Waals surface area contributed by atoms with Crippen LogP contribution in [0.25, 0.3) is 0 Å². The summed E-state index contributed by atoms with van der Waals surface area (Å²) in [7, 11) is 1.97. The molecular formula is C6H5ClFNO3S. The summed E-state index contributed by atoms with van der Waals surface area (Å²) in [6, 6.07) is 0.887. The van der Waals surface area contributed by atoms with E-state index in [9.17, 15) is 12.8 Å². The van der Waals surface area contributed by atoms with Crippen molar-refractivity contribution < 1.29 is 17.5 Å². The van der Waals surface area contributed by atoms with Crippen LogP contribution >= 0.6 is 10.7 Å². The first-order valence-corrected chi connectivity index (χ1v) is 5.41. The number of hydrogen-bond donors (Lipinski definition) is 0. The highest BCUT2D eigenvalue weighted by atomic mass is 35.7. The molecule has 0 saturated heterocycles. The molecule has 0 unspecified atom stereocenters. The van der Waals surface area contributed by atoms with E-state index in [1.807, 2.05) is 0 Å².